The summed E-state index contributed by atoms with van der Waals surface area (Å²) in [6, 6.07) is 7.31. The first-order chi connectivity index (χ1) is 9.28. The zero-order valence-electron chi connectivity index (χ0n) is 12.2. The Morgan fingerprint density at radius 2 is 2.20 bits per heavy atom. The molecule has 1 unspecified atom stereocenters. The van der Waals surface area contributed by atoms with Crippen LogP contribution in [0.1, 0.15) is 26.3 Å². The normalized spacial score (nSPS) is 13.4. The molecule has 0 saturated heterocycles. The summed E-state index contributed by atoms with van der Waals surface area (Å²) in [6.45, 7) is 7.18. The third-order valence-electron chi connectivity index (χ3n) is 3.28. The minimum atomic E-state index is -0.893. The standard InChI is InChI=1S/C15H19ClN2O2/c1-10(2)15(4,9-17)18-14(19)8-20-13-6-5-12(16)7-11(13)3/h5-7,10H,8H2,1-4H3,(H,18,19). The van der Waals surface area contributed by atoms with Crippen LogP contribution in [-0.2, 0) is 4.79 Å². The number of nitrogens with zero attached hydrogens (tertiary/aromatic N) is 1. The summed E-state index contributed by atoms with van der Waals surface area (Å²) in [5, 5.41) is 12.5. The molecule has 0 aliphatic heterocycles. The van der Waals surface area contributed by atoms with Gasteiger partial charge in [-0.2, -0.15) is 5.26 Å². The van der Waals surface area contributed by atoms with Gasteiger partial charge >= 0.3 is 0 Å². The van der Waals surface area contributed by atoms with E-state index in [1.54, 1.807) is 25.1 Å². The number of ether oxygens (including phenoxy) is 1. The van der Waals surface area contributed by atoms with Gasteiger partial charge in [0.15, 0.2) is 6.61 Å². The van der Waals surface area contributed by atoms with Gasteiger partial charge in [-0.15, -0.1) is 0 Å². The maximum atomic E-state index is 11.9. The van der Waals surface area contributed by atoms with E-state index >= 15 is 0 Å². The van der Waals surface area contributed by atoms with Crippen molar-refractivity contribution < 1.29 is 9.53 Å². The summed E-state index contributed by atoms with van der Waals surface area (Å²) < 4.78 is 5.44. The van der Waals surface area contributed by atoms with Crippen LogP contribution >= 0.6 is 11.6 Å². The van der Waals surface area contributed by atoms with E-state index in [1.165, 1.54) is 0 Å². The summed E-state index contributed by atoms with van der Waals surface area (Å²) in [6.07, 6.45) is 0. The van der Waals surface area contributed by atoms with Crippen molar-refractivity contribution in [3.8, 4) is 11.8 Å². The number of amides is 1. The van der Waals surface area contributed by atoms with Crippen LogP contribution in [0, 0.1) is 24.2 Å². The number of nitrogens with one attached hydrogen (secondary N) is 1. The Morgan fingerprint density at radius 1 is 1.55 bits per heavy atom. The van der Waals surface area contributed by atoms with Gasteiger partial charge < -0.3 is 10.1 Å². The number of hydrogen-bond donors (Lipinski definition) is 1. The molecule has 0 spiro atoms. The molecular weight excluding hydrogens is 276 g/mol. The van der Waals surface area contributed by atoms with E-state index in [0.717, 1.165) is 5.56 Å². The van der Waals surface area contributed by atoms with Crippen molar-refractivity contribution in [2.45, 2.75) is 33.2 Å². The fourth-order valence-corrected chi connectivity index (χ4v) is 1.77. The first-order valence-corrected chi connectivity index (χ1v) is 6.77. The minimum Gasteiger partial charge on any atom is -0.484 e. The van der Waals surface area contributed by atoms with Crippen molar-refractivity contribution in [1.82, 2.24) is 5.32 Å². The quantitative estimate of drug-likeness (QED) is 0.908. The molecule has 1 amide bonds. The van der Waals surface area contributed by atoms with Crippen LogP contribution in [0.25, 0.3) is 0 Å². The summed E-state index contributed by atoms with van der Waals surface area (Å²) >= 11 is 5.85. The highest BCUT2D eigenvalue weighted by atomic mass is 35.5. The highest BCUT2D eigenvalue weighted by molar-refractivity contribution is 6.30. The second kappa shape index (κ2) is 6.62. The molecule has 0 radical (unpaired) electrons. The van der Waals surface area contributed by atoms with Crippen molar-refractivity contribution in [2.24, 2.45) is 5.92 Å². The monoisotopic (exact) mass is 294 g/mol. The van der Waals surface area contributed by atoms with Gasteiger partial charge in [0.25, 0.3) is 5.91 Å². The molecular formula is C15H19ClN2O2. The molecule has 1 aromatic rings. The largest absolute Gasteiger partial charge is 0.484 e. The van der Waals surface area contributed by atoms with E-state index in [9.17, 15) is 4.79 Å². The number of rotatable bonds is 5. The Labute approximate surface area is 124 Å². The molecule has 0 heterocycles. The summed E-state index contributed by atoms with van der Waals surface area (Å²) in [5.74, 6) is 0.290. The molecule has 0 aromatic heterocycles. The molecule has 0 aliphatic rings. The van der Waals surface area contributed by atoms with Crippen LogP contribution in [0.15, 0.2) is 18.2 Å². The maximum Gasteiger partial charge on any atom is 0.259 e. The van der Waals surface area contributed by atoms with Gasteiger partial charge in [-0.3, -0.25) is 4.79 Å². The Kier molecular flexibility index (Phi) is 5.41. The van der Waals surface area contributed by atoms with Crippen molar-refractivity contribution in [3.63, 3.8) is 0 Å². The number of hydrogen-bond acceptors (Lipinski definition) is 3. The number of carbonyl (C=O) groups is 1. The lowest BCUT2D eigenvalue weighted by Gasteiger charge is -2.27. The molecule has 0 aliphatic carbocycles. The van der Waals surface area contributed by atoms with Crippen molar-refractivity contribution in [2.75, 3.05) is 6.61 Å². The van der Waals surface area contributed by atoms with Crippen molar-refractivity contribution >= 4 is 17.5 Å². The molecule has 108 valence electrons. The molecule has 0 fully saturated rings. The van der Waals surface area contributed by atoms with Crippen LogP contribution < -0.4 is 10.1 Å². The third kappa shape index (κ3) is 4.14. The lowest BCUT2D eigenvalue weighted by molar-refractivity contribution is -0.124. The SMILES string of the molecule is Cc1cc(Cl)ccc1OCC(=O)NC(C)(C#N)C(C)C. The molecule has 0 bridgehead atoms. The summed E-state index contributed by atoms with van der Waals surface area (Å²) in [7, 11) is 0. The fraction of sp³-hybridized carbons (Fsp3) is 0.467. The number of carbonyl (C=O) groups excluding carboxylic acids is 1. The molecule has 0 saturated carbocycles. The molecule has 1 N–H and O–H groups in total. The average molecular weight is 295 g/mol. The van der Waals surface area contributed by atoms with E-state index in [-0.39, 0.29) is 18.4 Å². The summed E-state index contributed by atoms with van der Waals surface area (Å²) in [4.78, 5) is 11.9. The van der Waals surface area contributed by atoms with E-state index in [1.807, 2.05) is 20.8 Å². The van der Waals surface area contributed by atoms with Crippen LogP contribution in [0.4, 0.5) is 0 Å². The molecule has 1 atom stereocenters. The van der Waals surface area contributed by atoms with Gasteiger partial charge in [-0.25, -0.2) is 0 Å². The minimum absolute atomic E-state index is 0.00807. The van der Waals surface area contributed by atoms with Gasteiger partial charge in [0.1, 0.15) is 11.3 Å². The van der Waals surface area contributed by atoms with Gasteiger partial charge in [0, 0.05) is 5.02 Å². The zero-order chi connectivity index (χ0) is 15.3. The predicted octanol–water partition coefficient (Wildman–Crippen LogP) is 3.08. The lowest BCUT2D eigenvalue weighted by Crippen LogP contribution is -2.50. The Balaban J connectivity index is 2.62. The van der Waals surface area contributed by atoms with Crippen LogP contribution in [0.3, 0.4) is 0 Å². The van der Waals surface area contributed by atoms with E-state index in [0.29, 0.717) is 10.8 Å². The smallest absolute Gasteiger partial charge is 0.259 e. The highest BCUT2D eigenvalue weighted by Gasteiger charge is 2.30. The third-order valence-corrected chi connectivity index (χ3v) is 3.52. The molecule has 1 rings (SSSR count). The molecule has 4 nitrogen and oxygen atoms in total. The zero-order valence-corrected chi connectivity index (χ0v) is 12.9. The second-order valence-electron chi connectivity index (χ2n) is 5.22. The first kappa shape index (κ1) is 16.3. The van der Waals surface area contributed by atoms with E-state index in [2.05, 4.69) is 11.4 Å². The average Bonchev–Trinajstić information content (AvgIpc) is 2.37. The number of aryl methyl sites for hydroxylation is 1. The fourth-order valence-electron chi connectivity index (χ4n) is 1.55. The van der Waals surface area contributed by atoms with Gasteiger partial charge in [-0.1, -0.05) is 25.4 Å². The van der Waals surface area contributed by atoms with Crippen LogP contribution in [0.2, 0.25) is 5.02 Å². The van der Waals surface area contributed by atoms with Gasteiger partial charge in [0.05, 0.1) is 6.07 Å². The Bertz CT molecular complexity index is 537. The molecule has 5 heteroatoms. The van der Waals surface area contributed by atoms with Crippen molar-refractivity contribution in [1.29, 1.82) is 5.26 Å². The van der Waals surface area contributed by atoms with Crippen molar-refractivity contribution in [3.05, 3.63) is 28.8 Å². The lowest BCUT2D eigenvalue weighted by atomic mass is 9.90. The van der Waals surface area contributed by atoms with Gasteiger partial charge in [0.2, 0.25) is 0 Å². The molecule has 1 aromatic carbocycles. The van der Waals surface area contributed by atoms with Crippen LogP contribution in [-0.4, -0.2) is 18.1 Å². The predicted molar refractivity (Wildman–Crippen MR) is 78.7 cm³/mol. The Morgan fingerprint density at radius 3 is 2.70 bits per heavy atom. The maximum absolute atomic E-state index is 11.9. The Hall–Kier alpha value is -1.73. The number of nitriles is 1. The first-order valence-electron chi connectivity index (χ1n) is 6.39. The number of halogens is 1. The van der Waals surface area contributed by atoms with Crippen LogP contribution in [0.5, 0.6) is 5.75 Å². The second-order valence-corrected chi connectivity index (χ2v) is 5.65. The topological polar surface area (TPSA) is 62.1 Å². The number of benzene rings is 1. The summed E-state index contributed by atoms with van der Waals surface area (Å²) in [5.41, 5.74) is -0.0348. The molecule has 20 heavy (non-hydrogen) atoms. The van der Waals surface area contributed by atoms with E-state index < -0.39 is 5.54 Å². The van der Waals surface area contributed by atoms with Gasteiger partial charge in [-0.05, 0) is 43.5 Å². The highest BCUT2D eigenvalue weighted by Crippen LogP contribution is 2.21. The van der Waals surface area contributed by atoms with E-state index in [4.69, 9.17) is 21.6 Å².